The van der Waals surface area contributed by atoms with Crippen LogP contribution in [0.1, 0.15) is 40.2 Å². The van der Waals surface area contributed by atoms with Crippen LogP contribution in [0.4, 0.5) is 0 Å². The van der Waals surface area contributed by atoms with Crippen LogP contribution >= 0.6 is 0 Å². The normalized spacial score (nSPS) is 28.6. The van der Waals surface area contributed by atoms with Crippen molar-refractivity contribution >= 4 is 12.1 Å². The lowest BCUT2D eigenvalue weighted by atomic mass is 9.94. The zero-order chi connectivity index (χ0) is 18.9. The Bertz CT molecular complexity index is 666. The quantitative estimate of drug-likeness (QED) is 0.598. The molecule has 0 N–H and O–H groups in total. The van der Waals surface area contributed by atoms with Crippen molar-refractivity contribution in [2.45, 2.75) is 65.3 Å². The molecule has 6 heteroatoms. The molecule has 6 nitrogen and oxygen atoms in total. The number of hydrazone groups is 1. The first-order valence-corrected chi connectivity index (χ1v) is 9.02. The highest BCUT2D eigenvalue weighted by Crippen LogP contribution is 2.35. The highest BCUT2D eigenvalue weighted by Gasteiger charge is 2.56. The third kappa shape index (κ3) is 4.31. The van der Waals surface area contributed by atoms with E-state index in [0.717, 1.165) is 5.56 Å². The van der Waals surface area contributed by atoms with Crippen molar-refractivity contribution in [1.29, 1.82) is 0 Å². The van der Waals surface area contributed by atoms with Gasteiger partial charge >= 0.3 is 0 Å². The molecular formula is C20H28N2O4. The number of benzene rings is 1. The Labute approximate surface area is 155 Å². The summed E-state index contributed by atoms with van der Waals surface area (Å²) in [5.74, 6) is -0.799. The monoisotopic (exact) mass is 360 g/mol. The largest absolute Gasteiger partial charge is 0.361 e. The van der Waals surface area contributed by atoms with Gasteiger partial charge in [0.2, 0.25) is 0 Å². The van der Waals surface area contributed by atoms with Gasteiger partial charge in [0.25, 0.3) is 5.91 Å². The van der Waals surface area contributed by atoms with E-state index in [-0.39, 0.29) is 23.5 Å². The molecule has 0 radical (unpaired) electrons. The Morgan fingerprint density at radius 3 is 2.58 bits per heavy atom. The molecule has 0 bridgehead atoms. The summed E-state index contributed by atoms with van der Waals surface area (Å²) in [6.07, 6.45) is 0.946. The van der Waals surface area contributed by atoms with E-state index in [9.17, 15) is 4.79 Å². The molecule has 0 aromatic heterocycles. The fourth-order valence-corrected chi connectivity index (χ4v) is 3.01. The van der Waals surface area contributed by atoms with Gasteiger partial charge in [0.05, 0.1) is 13.2 Å². The van der Waals surface area contributed by atoms with Gasteiger partial charge in [0.1, 0.15) is 12.1 Å². The number of hydrogen-bond donors (Lipinski definition) is 0. The first kappa shape index (κ1) is 19.0. The fraction of sp³-hybridized carbons (Fsp3) is 0.600. The van der Waals surface area contributed by atoms with Crippen LogP contribution < -0.4 is 0 Å². The molecule has 0 saturated carbocycles. The van der Waals surface area contributed by atoms with Gasteiger partial charge in [-0.2, -0.15) is 5.10 Å². The molecule has 2 saturated heterocycles. The molecule has 2 heterocycles. The molecule has 0 spiro atoms. The van der Waals surface area contributed by atoms with E-state index < -0.39 is 11.9 Å². The van der Waals surface area contributed by atoms with Crippen LogP contribution in [0.2, 0.25) is 0 Å². The Kier molecular flexibility index (Phi) is 5.19. The first-order valence-electron chi connectivity index (χ1n) is 9.02. The summed E-state index contributed by atoms with van der Waals surface area (Å²) in [6, 6.07) is 9.53. The molecule has 0 aliphatic carbocycles. The predicted molar refractivity (Wildman–Crippen MR) is 98.5 cm³/mol. The molecule has 2 aliphatic rings. The summed E-state index contributed by atoms with van der Waals surface area (Å²) in [4.78, 5) is 12.6. The maximum Gasteiger partial charge on any atom is 0.274 e. The number of β-lactam (4-membered cyclic amide) rings is 1. The second-order valence-electron chi connectivity index (χ2n) is 8.37. The van der Waals surface area contributed by atoms with Crippen LogP contribution in [0.3, 0.4) is 0 Å². The van der Waals surface area contributed by atoms with E-state index in [4.69, 9.17) is 14.2 Å². The Morgan fingerprint density at radius 2 is 2.00 bits per heavy atom. The topological polar surface area (TPSA) is 60.4 Å². The van der Waals surface area contributed by atoms with E-state index in [2.05, 4.69) is 5.10 Å². The van der Waals surface area contributed by atoms with Gasteiger partial charge in [-0.15, -0.1) is 0 Å². The smallest absolute Gasteiger partial charge is 0.274 e. The van der Waals surface area contributed by atoms with Crippen molar-refractivity contribution in [3.05, 3.63) is 35.9 Å². The van der Waals surface area contributed by atoms with Crippen LogP contribution in [0, 0.1) is 5.41 Å². The average molecular weight is 360 g/mol. The molecule has 3 rings (SSSR count). The SMILES string of the molecule is CC(C)(C)/C=N/N1C(=O)[C@H](OCc2ccccc2)[C@@H]1[C@H]1COC(C)(C)O1. The first-order chi connectivity index (χ1) is 12.2. The van der Waals surface area contributed by atoms with Crippen molar-refractivity contribution in [2.24, 2.45) is 10.5 Å². The van der Waals surface area contributed by atoms with Gasteiger partial charge in [0, 0.05) is 6.21 Å². The lowest BCUT2D eigenvalue weighted by Crippen LogP contribution is -2.68. The van der Waals surface area contributed by atoms with Gasteiger partial charge in [0.15, 0.2) is 11.9 Å². The maximum atomic E-state index is 12.6. The summed E-state index contributed by atoms with van der Waals surface area (Å²) in [5, 5.41) is 5.89. The third-order valence-corrected chi connectivity index (χ3v) is 4.31. The Balaban J connectivity index is 1.72. The predicted octanol–water partition coefficient (Wildman–Crippen LogP) is 2.97. The Morgan fingerprint density at radius 1 is 1.31 bits per heavy atom. The lowest BCUT2D eigenvalue weighted by molar-refractivity contribution is -0.198. The summed E-state index contributed by atoms with van der Waals surface area (Å²) in [6.45, 7) is 10.7. The molecule has 1 aromatic carbocycles. The van der Waals surface area contributed by atoms with Crippen LogP contribution in [-0.4, -0.2) is 47.8 Å². The van der Waals surface area contributed by atoms with Crippen molar-refractivity contribution in [2.75, 3.05) is 6.61 Å². The second-order valence-corrected chi connectivity index (χ2v) is 8.37. The van der Waals surface area contributed by atoms with E-state index in [1.54, 1.807) is 6.21 Å². The van der Waals surface area contributed by atoms with Gasteiger partial charge in [-0.3, -0.25) is 4.79 Å². The molecular weight excluding hydrogens is 332 g/mol. The molecule has 1 aromatic rings. The van der Waals surface area contributed by atoms with Crippen LogP contribution in [0.25, 0.3) is 0 Å². The molecule has 3 atom stereocenters. The summed E-state index contributed by atoms with van der Waals surface area (Å²) in [5.41, 5.74) is 0.909. The minimum Gasteiger partial charge on any atom is -0.361 e. The number of ether oxygens (including phenoxy) is 3. The summed E-state index contributed by atoms with van der Waals surface area (Å²) < 4.78 is 17.6. The van der Waals surface area contributed by atoms with Gasteiger partial charge in [-0.1, -0.05) is 51.1 Å². The molecule has 0 unspecified atom stereocenters. The van der Waals surface area contributed by atoms with Gasteiger partial charge in [-0.05, 0) is 24.8 Å². The second kappa shape index (κ2) is 7.10. The highest BCUT2D eigenvalue weighted by atomic mass is 16.7. The third-order valence-electron chi connectivity index (χ3n) is 4.31. The van der Waals surface area contributed by atoms with Crippen LogP contribution in [0.15, 0.2) is 35.4 Å². The fourth-order valence-electron chi connectivity index (χ4n) is 3.01. The zero-order valence-corrected chi connectivity index (χ0v) is 16.1. The average Bonchev–Trinajstić information content (AvgIpc) is 2.91. The van der Waals surface area contributed by atoms with Crippen LogP contribution in [-0.2, 0) is 25.6 Å². The van der Waals surface area contributed by atoms with Crippen molar-refractivity contribution < 1.29 is 19.0 Å². The highest BCUT2D eigenvalue weighted by molar-refractivity contribution is 5.89. The number of nitrogens with zero attached hydrogens (tertiary/aromatic N) is 2. The molecule has 2 aliphatic heterocycles. The number of amides is 1. The van der Waals surface area contributed by atoms with Gasteiger partial charge < -0.3 is 14.2 Å². The molecule has 142 valence electrons. The number of hydrogen-bond acceptors (Lipinski definition) is 5. The van der Waals surface area contributed by atoms with Crippen molar-refractivity contribution in [3.8, 4) is 0 Å². The molecule has 2 fully saturated rings. The number of rotatable bonds is 5. The van der Waals surface area contributed by atoms with Crippen LogP contribution in [0.5, 0.6) is 0 Å². The van der Waals surface area contributed by atoms with Gasteiger partial charge in [-0.25, -0.2) is 5.01 Å². The van der Waals surface area contributed by atoms with E-state index in [0.29, 0.717) is 13.2 Å². The number of carbonyl (C=O) groups excluding carboxylic acids is 1. The molecule has 1 amide bonds. The van der Waals surface area contributed by atoms with Crippen molar-refractivity contribution in [1.82, 2.24) is 5.01 Å². The summed E-state index contributed by atoms with van der Waals surface area (Å²) >= 11 is 0. The van der Waals surface area contributed by atoms with E-state index in [1.807, 2.05) is 65.0 Å². The molecule has 26 heavy (non-hydrogen) atoms. The minimum absolute atomic E-state index is 0.118. The lowest BCUT2D eigenvalue weighted by Gasteiger charge is -2.45. The standard InChI is InChI=1S/C20H28N2O4/c1-19(2,3)13-21-22-16(15-12-25-20(4,5)26-15)17(18(22)23)24-11-14-9-7-6-8-10-14/h6-10,13,15-17H,11-12H2,1-5H3/b21-13+/t15-,16+,17-/m1/s1. The summed E-state index contributed by atoms with van der Waals surface area (Å²) in [7, 11) is 0. The maximum absolute atomic E-state index is 12.6. The van der Waals surface area contributed by atoms with E-state index >= 15 is 0 Å². The minimum atomic E-state index is -0.660. The zero-order valence-electron chi connectivity index (χ0n) is 16.1. The van der Waals surface area contributed by atoms with E-state index in [1.165, 1.54) is 5.01 Å². The van der Waals surface area contributed by atoms with Crippen molar-refractivity contribution in [3.63, 3.8) is 0 Å². The Hall–Kier alpha value is -1.76. The number of carbonyl (C=O) groups is 1.